The molecule has 2 aromatic rings. The van der Waals surface area contributed by atoms with Crippen molar-refractivity contribution in [2.45, 2.75) is 45.4 Å². The zero-order chi connectivity index (χ0) is 20.3. The van der Waals surface area contributed by atoms with Crippen LogP contribution in [0.2, 0.25) is 0 Å². The van der Waals surface area contributed by atoms with Gasteiger partial charge in [-0.3, -0.25) is 9.59 Å². The van der Waals surface area contributed by atoms with Crippen molar-refractivity contribution in [1.82, 2.24) is 15.1 Å². The summed E-state index contributed by atoms with van der Waals surface area (Å²) in [5.41, 5.74) is 0.878. The fourth-order valence-electron chi connectivity index (χ4n) is 2.98. The van der Waals surface area contributed by atoms with Crippen molar-refractivity contribution in [2.24, 2.45) is 5.92 Å². The Morgan fingerprint density at radius 1 is 1.32 bits per heavy atom. The minimum Gasteiger partial charge on any atom is -0.342 e. The minimum absolute atomic E-state index is 0.0349. The molecule has 0 bridgehead atoms. The van der Waals surface area contributed by atoms with Crippen molar-refractivity contribution >= 4 is 28.3 Å². The lowest BCUT2D eigenvalue weighted by atomic mass is 9.91. The zero-order valence-corrected chi connectivity index (χ0v) is 17.2. The molecule has 0 radical (unpaired) electrons. The molecule has 1 saturated heterocycles. The van der Waals surface area contributed by atoms with Crippen molar-refractivity contribution in [3.05, 3.63) is 40.7 Å². The van der Waals surface area contributed by atoms with Gasteiger partial charge in [0, 0.05) is 24.9 Å². The van der Waals surface area contributed by atoms with Gasteiger partial charge in [0.1, 0.15) is 10.8 Å². The van der Waals surface area contributed by atoms with Crippen LogP contribution in [0.3, 0.4) is 0 Å². The predicted molar refractivity (Wildman–Crippen MR) is 107 cm³/mol. The van der Waals surface area contributed by atoms with Gasteiger partial charge in [-0.25, -0.2) is 4.39 Å². The first kappa shape index (κ1) is 20.4. The number of halogens is 1. The summed E-state index contributed by atoms with van der Waals surface area (Å²) in [7, 11) is 0. The highest BCUT2D eigenvalue weighted by molar-refractivity contribution is 7.15. The molecule has 28 heavy (non-hydrogen) atoms. The molecule has 2 heterocycles. The molecule has 1 atom stereocenters. The van der Waals surface area contributed by atoms with Gasteiger partial charge in [0.25, 0.3) is 0 Å². The van der Waals surface area contributed by atoms with Crippen LogP contribution in [0.25, 0.3) is 0 Å². The fraction of sp³-hybridized carbons (Fsp3) is 0.500. The maximum absolute atomic E-state index is 13.0. The van der Waals surface area contributed by atoms with E-state index in [9.17, 15) is 14.0 Å². The normalized spacial score (nSPS) is 17.2. The van der Waals surface area contributed by atoms with E-state index < -0.39 is 5.92 Å². The lowest BCUT2D eigenvalue weighted by Crippen LogP contribution is -2.30. The van der Waals surface area contributed by atoms with Gasteiger partial charge < -0.3 is 10.2 Å². The van der Waals surface area contributed by atoms with Crippen molar-refractivity contribution in [3.8, 4) is 0 Å². The van der Waals surface area contributed by atoms with E-state index in [1.807, 2.05) is 0 Å². The number of hydrogen-bond acceptors (Lipinski definition) is 5. The molecule has 1 fully saturated rings. The third kappa shape index (κ3) is 4.73. The highest BCUT2D eigenvalue weighted by Crippen LogP contribution is 2.31. The Morgan fingerprint density at radius 2 is 2.04 bits per heavy atom. The van der Waals surface area contributed by atoms with Crippen LogP contribution >= 0.6 is 11.3 Å². The molecule has 3 rings (SSSR count). The maximum Gasteiger partial charge on any atom is 0.231 e. The quantitative estimate of drug-likeness (QED) is 0.768. The van der Waals surface area contributed by atoms with E-state index in [4.69, 9.17) is 0 Å². The van der Waals surface area contributed by atoms with Crippen molar-refractivity contribution in [2.75, 3.05) is 18.4 Å². The summed E-state index contributed by atoms with van der Waals surface area (Å²) in [5.74, 6) is -0.908. The number of likely N-dealkylation sites (tertiary alicyclic amines) is 1. The van der Waals surface area contributed by atoms with Crippen LogP contribution < -0.4 is 5.32 Å². The summed E-state index contributed by atoms with van der Waals surface area (Å²) < 4.78 is 13.0. The van der Waals surface area contributed by atoms with E-state index in [0.29, 0.717) is 24.6 Å². The lowest BCUT2D eigenvalue weighted by Gasteiger charge is -2.17. The number of carbonyl (C=O) groups is 2. The van der Waals surface area contributed by atoms with Crippen LogP contribution in [0.1, 0.15) is 44.2 Å². The maximum atomic E-state index is 13.0. The Balaban J connectivity index is 1.54. The molecule has 1 aromatic carbocycles. The molecule has 0 saturated carbocycles. The number of rotatable bonds is 7. The van der Waals surface area contributed by atoms with E-state index in [2.05, 4.69) is 36.3 Å². The largest absolute Gasteiger partial charge is 0.342 e. The average Bonchev–Trinajstić information content (AvgIpc) is 3.28. The first-order valence-corrected chi connectivity index (χ1v) is 10.3. The number of amides is 2. The van der Waals surface area contributed by atoms with Crippen LogP contribution in [0.5, 0.6) is 0 Å². The number of benzene rings is 1. The molecule has 2 amide bonds. The Morgan fingerprint density at radius 3 is 2.71 bits per heavy atom. The number of carbonyl (C=O) groups excluding carboxylic acids is 2. The number of nitrogens with one attached hydrogen (secondary N) is 1. The van der Waals surface area contributed by atoms with Crippen molar-refractivity contribution < 1.29 is 14.0 Å². The van der Waals surface area contributed by atoms with Gasteiger partial charge in [-0.2, -0.15) is 0 Å². The Kier molecular flexibility index (Phi) is 6.07. The Hall–Kier alpha value is -2.35. The van der Waals surface area contributed by atoms with Crippen LogP contribution in [0.15, 0.2) is 24.3 Å². The second kappa shape index (κ2) is 8.34. The van der Waals surface area contributed by atoms with Crippen molar-refractivity contribution in [1.29, 1.82) is 0 Å². The third-order valence-corrected chi connectivity index (χ3v) is 6.49. The summed E-state index contributed by atoms with van der Waals surface area (Å²) in [6.45, 7) is 7.17. The molecule has 8 heteroatoms. The summed E-state index contributed by atoms with van der Waals surface area (Å²) in [4.78, 5) is 26.5. The van der Waals surface area contributed by atoms with Gasteiger partial charge in [-0.1, -0.05) is 44.2 Å². The number of aromatic nitrogens is 2. The topological polar surface area (TPSA) is 75.2 Å². The monoisotopic (exact) mass is 404 g/mol. The van der Waals surface area contributed by atoms with E-state index in [1.165, 1.54) is 23.5 Å². The summed E-state index contributed by atoms with van der Waals surface area (Å²) >= 11 is 1.38. The second-order valence-corrected chi connectivity index (χ2v) is 8.73. The number of anilines is 1. The number of nitrogens with zero attached hydrogens (tertiary/aromatic N) is 3. The zero-order valence-electron chi connectivity index (χ0n) is 16.4. The van der Waals surface area contributed by atoms with Gasteiger partial charge in [0.2, 0.25) is 16.9 Å². The van der Waals surface area contributed by atoms with E-state index in [1.54, 1.807) is 17.0 Å². The van der Waals surface area contributed by atoms with Crippen LogP contribution in [-0.4, -0.2) is 40.0 Å². The SMILES string of the molecule is CCC(C)(C)c1nnc(NC(=O)[C@H]2CC(=O)N(CCc3ccc(F)cc3)C2)s1. The smallest absolute Gasteiger partial charge is 0.231 e. The van der Waals surface area contributed by atoms with Crippen molar-refractivity contribution in [3.63, 3.8) is 0 Å². The van der Waals surface area contributed by atoms with Crippen LogP contribution in [0, 0.1) is 11.7 Å². The Labute approximate surface area is 168 Å². The fourth-order valence-corrected chi connectivity index (χ4v) is 3.90. The van der Waals surface area contributed by atoms with Gasteiger partial charge >= 0.3 is 0 Å². The first-order chi connectivity index (χ1) is 13.3. The third-order valence-electron chi connectivity index (χ3n) is 5.29. The second-order valence-electron chi connectivity index (χ2n) is 7.76. The standard InChI is InChI=1S/C20H25FN4O2S/c1-4-20(2,3)18-23-24-19(28-18)22-17(27)14-11-16(26)25(12-14)10-9-13-5-7-15(21)8-6-13/h5-8,14H,4,9-12H2,1-3H3,(H,22,24,27)/t14-/m0/s1. The molecule has 0 unspecified atom stereocenters. The number of hydrogen-bond donors (Lipinski definition) is 1. The highest BCUT2D eigenvalue weighted by atomic mass is 32.1. The molecule has 1 aliphatic heterocycles. The van der Waals surface area contributed by atoms with E-state index in [-0.39, 0.29) is 29.5 Å². The molecule has 1 N–H and O–H groups in total. The van der Waals surface area contributed by atoms with Gasteiger partial charge in [0.15, 0.2) is 0 Å². The minimum atomic E-state index is -0.396. The molecule has 1 aromatic heterocycles. The lowest BCUT2D eigenvalue weighted by molar-refractivity contribution is -0.128. The van der Waals surface area contributed by atoms with E-state index >= 15 is 0 Å². The van der Waals surface area contributed by atoms with Gasteiger partial charge in [-0.15, -0.1) is 10.2 Å². The molecule has 1 aliphatic rings. The summed E-state index contributed by atoms with van der Waals surface area (Å²) in [6, 6.07) is 6.25. The van der Waals surface area contributed by atoms with Crippen LogP contribution in [0.4, 0.5) is 9.52 Å². The molecule has 0 spiro atoms. The van der Waals surface area contributed by atoms with Gasteiger partial charge in [-0.05, 0) is 30.5 Å². The summed E-state index contributed by atoms with van der Waals surface area (Å²) in [5, 5.41) is 12.4. The molecule has 6 nitrogen and oxygen atoms in total. The average molecular weight is 405 g/mol. The molecular weight excluding hydrogens is 379 g/mol. The van der Waals surface area contributed by atoms with E-state index in [0.717, 1.165) is 17.0 Å². The molecule has 0 aliphatic carbocycles. The van der Waals surface area contributed by atoms with Gasteiger partial charge in [0.05, 0.1) is 5.92 Å². The molecular formula is C20H25FN4O2S. The Bertz CT molecular complexity index is 850. The summed E-state index contributed by atoms with van der Waals surface area (Å²) in [6.07, 6.45) is 1.75. The van der Waals surface area contributed by atoms with Crippen LogP contribution in [-0.2, 0) is 21.4 Å². The molecule has 150 valence electrons. The predicted octanol–water partition coefficient (Wildman–Crippen LogP) is 3.39. The highest BCUT2D eigenvalue weighted by Gasteiger charge is 2.34. The first-order valence-electron chi connectivity index (χ1n) is 9.45.